The topological polar surface area (TPSA) is 109 Å². The van der Waals surface area contributed by atoms with Gasteiger partial charge >= 0.3 is 6.03 Å². The van der Waals surface area contributed by atoms with Gasteiger partial charge in [0.1, 0.15) is 24.7 Å². The summed E-state index contributed by atoms with van der Waals surface area (Å²) in [5.74, 6) is -0.939. The molecule has 1 saturated heterocycles. The molecule has 1 aliphatic carbocycles. The fourth-order valence-corrected chi connectivity index (χ4v) is 4.60. The Labute approximate surface area is 188 Å². The fourth-order valence-electron chi connectivity index (χ4n) is 4.43. The molecule has 1 unspecified atom stereocenters. The van der Waals surface area contributed by atoms with Gasteiger partial charge < -0.3 is 10.6 Å². The second-order valence-electron chi connectivity index (χ2n) is 7.79. The van der Waals surface area contributed by atoms with E-state index in [2.05, 4.69) is 20.7 Å². The number of benzene rings is 2. The number of urea groups is 1. The standard InChI is InChI=1S/C22H19ClN6O3/c23-15-7-8-18(29-13-24-12-25-29)17(10-15)26-19(30)11-28-20(31)22(27-21(28)32)9-3-5-14-4-1-2-6-16(14)22/h1-2,4,6-8,10,12-13H,3,5,9,11H2,(H,26,30)(H,27,32). The first-order valence-electron chi connectivity index (χ1n) is 10.1. The predicted octanol–water partition coefficient (Wildman–Crippen LogP) is 2.64. The van der Waals surface area contributed by atoms with Crippen molar-refractivity contribution in [2.24, 2.45) is 0 Å². The Balaban J connectivity index is 1.38. The fraction of sp³-hybridized carbons (Fsp3) is 0.227. The number of hydrogen-bond donors (Lipinski definition) is 2. The average Bonchev–Trinajstić information content (AvgIpc) is 3.38. The molecule has 1 atom stereocenters. The molecule has 4 amide bonds. The van der Waals surface area contributed by atoms with Crippen LogP contribution in [-0.2, 0) is 21.5 Å². The molecule has 0 radical (unpaired) electrons. The van der Waals surface area contributed by atoms with Gasteiger partial charge in [0, 0.05) is 5.02 Å². The van der Waals surface area contributed by atoms with Crippen LogP contribution in [0.5, 0.6) is 0 Å². The van der Waals surface area contributed by atoms with Crippen LogP contribution in [0.4, 0.5) is 10.5 Å². The van der Waals surface area contributed by atoms with Crippen molar-refractivity contribution >= 4 is 35.1 Å². The Morgan fingerprint density at radius 3 is 2.88 bits per heavy atom. The number of amides is 4. The van der Waals surface area contributed by atoms with Crippen LogP contribution in [0.15, 0.2) is 55.1 Å². The Kier molecular flexibility index (Phi) is 4.90. The van der Waals surface area contributed by atoms with Gasteiger partial charge in [-0.1, -0.05) is 35.9 Å². The van der Waals surface area contributed by atoms with Crippen molar-refractivity contribution in [2.45, 2.75) is 24.8 Å². The quantitative estimate of drug-likeness (QED) is 0.594. The zero-order chi connectivity index (χ0) is 22.3. The number of nitrogens with zero attached hydrogens (tertiary/aromatic N) is 4. The summed E-state index contributed by atoms with van der Waals surface area (Å²) in [6, 6.07) is 12.0. The minimum atomic E-state index is -1.12. The van der Waals surface area contributed by atoms with E-state index in [0.717, 1.165) is 28.9 Å². The first kappa shape index (κ1) is 20.2. The zero-order valence-electron chi connectivity index (χ0n) is 16.9. The first-order valence-corrected chi connectivity index (χ1v) is 10.5. The lowest BCUT2D eigenvalue weighted by Gasteiger charge is -2.33. The smallest absolute Gasteiger partial charge is 0.323 e. The van der Waals surface area contributed by atoms with Crippen molar-refractivity contribution in [3.63, 3.8) is 0 Å². The number of carbonyl (C=O) groups excluding carboxylic acids is 3. The molecule has 0 bridgehead atoms. The summed E-state index contributed by atoms with van der Waals surface area (Å²) in [6.45, 7) is -0.419. The highest BCUT2D eigenvalue weighted by atomic mass is 35.5. The number of nitrogens with one attached hydrogen (secondary N) is 2. The van der Waals surface area contributed by atoms with E-state index in [4.69, 9.17) is 11.6 Å². The number of aromatic nitrogens is 3. The molecule has 1 aromatic heterocycles. The number of carbonyl (C=O) groups is 3. The molecular formula is C22H19ClN6O3. The summed E-state index contributed by atoms with van der Waals surface area (Å²) in [7, 11) is 0. The third-order valence-corrected chi connectivity index (χ3v) is 6.09. The lowest BCUT2D eigenvalue weighted by molar-refractivity contribution is -0.134. The average molecular weight is 451 g/mol. The highest BCUT2D eigenvalue weighted by molar-refractivity contribution is 6.31. The Morgan fingerprint density at radius 1 is 1.22 bits per heavy atom. The lowest BCUT2D eigenvalue weighted by Crippen LogP contribution is -2.47. The number of rotatable bonds is 4. The predicted molar refractivity (Wildman–Crippen MR) is 116 cm³/mol. The van der Waals surface area contributed by atoms with Crippen molar-refractivity contribution < 1.29 is 14.4 Å². The van der Waals surface area contributed by atoms with E-state index in [1.165, 1.54) is 17.3 Å². The molecule has 5 rings (SSSR count). The molecule has 2 N–H and O–H groups in total. The molecule has 2 heterocycles. The molecule has 1 aliphatic heterocycles. The number of aryl methyl sites for hydroxylation is 1. The summed E-state index contributed by atoms with van der Waals surface area (Å²) in [4.78, 5) is 43.8. The maximum Gasteiger partial charge on any atom is 0.325 e. The molecular weight excluding hydrogens is 432 g/mol. The van der Waals surface area contributed by atoms with Gasteiger partial charge in [0.2, 0.25) is 5.91 Å². The van der Waals surface area contributed by atoms with Crippen LogP contribution in [0.1, 0.15) is 24.0 Å². The summed E-state index contributed by atoms with van der Waals surface area (Å²) in [5.41, 5.74) is 1.66. The summed E-state index contributed by atoms with van der Waals surface area (Å²) in [5, 5.41) is 10.1. The van der Waals surface area contributed by atoms with Crippen LogP contribution in [0.2, 0.25) is 5.02 Å². The lowest BCUT2D eigenvalue weighted by atomic mass is 9.76. The molecule has 1 spiro atoms. The van der Waals surface area contributed by atoms with Crippen LogP contribution in [0, 0.1) is 0 Å². The van der Waals surface area contributed by atoms with Crippen molar-refractivity contribution in [1.82, 2.24) is 25.0 Å². The number of anilines is 1. The van der Waals surface area contributed by atoms with Gasteiger partial charge in [0.05, 0.1) is 11.4 Å². The van der Waals surface area contributed by atoms with E-state index in [1.54, 1.807) is 18.2 Å². The number of imide groups is 1. The maximum atomic E-state index is 13.4. The highest BCUT2D eigenvalue weighted by Gasteiger charge is 2.54. The molecule has 2 aliphatic rings. The number of fused-ring (bicyclic) bond motifs is 2. The van der Waals surface area contributed by atoms with Gasteiger partial charge in [-0.05, 0) is 48.6 Å². The van der Waals surface area contributed by atoms with Gasteiger partial charge in [-0.3, -0.25) is 14.5 Å². The van der Waals surface area contributed by atoms with Crippen molar-refractivity contribution in [3.8, 4) is 5.69 Å². The minimum Gasteiger partial charge on any atom is -0.323 e. The largest absolute Gasteiger partial charge is 0.325 e. The summed E-state index contributed by atoms with van der Waals surface area (Å²) < 4.78 is 1.48. The monoisotopic (exact) mass is 450 g/mol. The molecule has 3 aromatic rings. The molecule has 0 saturated carbocycles. The Bertz CT molecular complexity index is 1230. The molecule has 162 valence electrons. The normalized spacial score (nSPS) is 19.7. The molecule has 1 fully saturated rings. The highest BCUT2D eigenvalue weighted by Crippen LogP contribution is 2.39. The van der Waals surface area contributed by atoms with E-state index < -0.39 is 29.9 Å². The molecule has 2 aromatic carbocycles. The second-order valence-corrected chi connectivity index (χ2v) is 8.22. The second kappa shape index (κ2) is 7.76. The number of hydrogen-bond acceptors (Lipinski definition) is 5. The van der Waals surface area contributed by atoms with Crippen LogP contribution in [0.3, 0.4) is 0 Å². The van der Waals surface area contributed by atoms with Crippen LogP contribution in [-0.4, -0.2) is 44.1 Å². The third-order valence-electron chi connectivity index (χ3n) is 5.85. The van der Waals surface area contributed by atoms with Crippen molar-refractivity contribution in [3.05, 3.63) is 71.3 Å². The zero-order valence-corrected chi connectivity index (χ0v) is 17.7. The summed E-state index contributed by atoms with van der Waals surface area (Å²) in [6.07, 6.45) is 4.97. The summed E-state index contributed by atoms with van der Waals surface area (Å²) >= 11 is 6.10. The van der Waals surface area contributed by atoms with E-state index in [9.17, 15) is 14.4 Å². The van der Waals surface area contributed by atoms with Gasteiger partial charge in [-0.25, -0.2) is 14.5 Å². The van der Waals surface area contributed by atoms with Crippen LogP contribution >= 0.6 is 11.6 Å². The third kappa shape index (κ3) is 3.31. The van der Waals surface area contributed by atoms with Crippen LogP contribution < -0.4 is 10.6 Å². The van der Waals surface area contributed by atoms with Gasteiger partial charge in [0.25, 0.3) is 5.91 Å². The van der Waals surface area contributed by atoms with Crippen molar-refractivity contribution in [1.29, 1.82) is 0 Å². The molecule has 10 heteroatoms. The Morgan fingerprint density at radius 2 is 2.06 bits per heavy atom. The molecule has 32 heavy (non-hydrogen) atoms. The van der Waals surface area contributed by atoms with E-state index in [-0.39, 0.29) is 0 Å². The van der Waals surface area contributed by atoms with E-state index in [1.807, 2.05) is 24.3 Å². The van der Waals surface area contributed by atoms with Crippen LogP contribution in [0.25, 0.3) is 5.69 Å². The Hall–Kier alpha value is -3.72. The van der Waals surface area contributed by atoms with Crippen molar-refractivity contribution in [2.75, 3.05) is 11.9 Å². The maximum absolute atomic E-state index is 13.4. The van der Waals surface area contributed by atoms with Gasteiger partial charge in [0.15, 0.2) is 0 Å². The van der Waals surface area contributed by atoms with E-state index >= 15 is 0 Å². The first-order chi connectivity index (χ1) is 15.5. The molecule has 9 nitrogen and oxygen atoms in total. The van der Waals surface area contributed by atoms with Gasteiger partial charge in [-0.2, -0.15) is 5.10 Å². The van der Waals surface area contributed by atoms with E-state index in [0.29, 0.717) is 22.8 Å². The minimum absolute atomic E-state index is 0.387. The van der Waals surface area contributed by atoms with Gasteiger partial charge in [-0.15, -0.1) is 0 Å². The SMILES string of the molecule is O=C(CN1C(=O)NC2(CCCc3ccccc32)C1=O)Nc1cc(Cl)ccc1-n1cncn1. The number of halogens is 1.